The van der Waals surface area contributed by atoms with E-state index in [9.17, 15) is 8.42 Å². The highest BCUT2D eigenvalue weighted by Crippen LogP contribution is 2.30. The molecule has 0 radical (unpaired) electrons. The maximum absolute atomic E-state index is 12.8. The summed E-state index contributed by atoms with van der Waals surface area (Å²) in [6.45, 7) is 2.52. The van der Waals surface area contributed by atoms with Crippen molar-refractivity contribution in [1.29, 1.82) is 0 Å². The van der Waals surface area contributed by atoms with Crippen LogP contribution in [0.3, 0.4) is 0 Å². The topological polar surface area (TPSA) is 62.0 Å². The molecule has 166 valence electrons. The summed E-state index contributed by atoms with van der Waals surface area (Å²) >= 11 is 0. The van der Waals surface area contributed by atoms with Gasteiger partial charge in [0.05, 0.1) is 4.90 Å². The molecule has 0 unspecified atom stereocenters. The lowest BCUT2D eigenvalue weighted by Gasteiger charge is -2.09. The fourth-order valence-corrected chi connectivity index (χ4v) is 5.15. The largest absolute Gasteiger partial charge is 0.354 e. The van der Waals surface area contributed by atoms with E-state index in [-0.39, 0.29) is 0 Å². The van der Waals surface area contributed by atoms with E-state index >= 15 is 0 Å². The van der Waals surface area contributed by atoms with Gasteiger partial charge in [-0.1, -0.05) is 80.4 Å². The number of benzene rings is 3. The van der Waals surface area contributed by atoms with E-state index in [0.717, 1.165) is 40.6 Å². The minimum absolute atomic E-state index is 0.318. The molecule has 4 nitrogen and oxygen atoms in total. The maximum atomic E-state index is 12.8. The lowest BCUT2D eigenvalue weighted by Crippen LogP contribution is -2.26. The van der Waals surface area contributed by atoms with Crippen molar-refractivity contribution < 1.29 is 8.42 Å². The Labute approximate surface area is 190 Å². The number of aryl methyl sites for hydroxylation is 1. The van der Waals surface area contributed by atoms with Crippen LogP contribution in [0.2, 0.25) is 0 Å². The molecule has 2 N–H and O–H groups in total. The van der Waals surface area contributed by atoms with Crippen molar-refractivity contribution in [2.45, 2.75) is 43.9 Å². The summed E-state index contributed by atoms with van der Waals surface area (Å²) in [5.41, 5.74) is 5.51. The van der Waals surface area contributed by atoms with Crippen LogP contribution in [0.1, 0.15) is 37.3 Å². The number of unbranched alkanes of at least 4 members (excludes halogenated alkanes) is 2. The van der Waals surface area contributed by atoms with Crippen LogP contribution in [0.5, 0.6) is 0 Å². The number of H-pyrrole nitrogens is 1. The van der Waals surface area contributed by atoms with E-state index in [1.165, 1.54) is 18.4 Å². The first-order chi connectivity index (χ1) is 15.6. The third kappa shape index (κ3) is 5.12. The highest BCUT2D eigenvalue weighted by atomic mass is 32.2. The Morgan fingerprint density at radius 2 is 1.53 bits per heavy atom. The molecule has 32 heavy (non-hydrogen) atoms. The van der Waals surface area contributed by atoms with Gasteiger partial charge in [-0.25, -0.2) is 13.1 Å². The predicted molar refractivity (Wildman–Crippen MR) is 132 cm³/mol. The standard InChI is InChI=1S/C27H30N2O2S/c1-2-3-5-10-21-15-17-23(18-16-21)32(30,31)28-20-19-25-24-13-8-9-14-26(24)29-27(25)22-11-6-4-7-12-22/h4,6-9,11-18,28-29H,2-3,5,10,19-20H2,1H3. The number of aromatic nitrogens is 1. The summed E-state index contributed by atoms with van der Waals surface area (Å²) in [5.74, 6) is 0. The van der Waals surface area contributed by atoms with E-state index in [0.29, 0.717) is 17.9 Å². The van der Waals surface area contributed by atoms with Gasteiger partial charge in [0.1, 0.15) is 0 Å². The first kappa shape index (κ1) is 22.3. The van der Waals surface area contributed by atoms with Crippen LogP contribution in [0, 0.1) is 0 Å². The van der Waals surface area contributed by atoms with Crippen molar-refractivity contribution in [3.63, 3.8) is 0 Å². The molecular weight excluding hydrogens is 416 g/mol. The Morgan fingerprint density at radius 3 is 2.28 bits per heavy atom. The van der Waals surface area contributed by atoms with Crippen molar-refractivity contribution >= 4 is 20.9 Å². The van der Waals surface area contributed by atoms with E-state index < -0.39 is 10.0 Å². The highest BCUT2D eigenvalue weighted by Gasteiger charge is 2.16. The minimum Gasteiger partial charge on any atom is -0.354 e. The quantitative estimate of drug-likeness (QED) is 0.290. The van der Waals surface area contributed by atoms with Gasteiger partial charge in [-0.2, -0.15) is 0 Å². The molecule has 1 aromatic heterocycles. The van der Waals surface area contributed by atoms with Gasteiger partial charge in [-0.3, -0.25) is 0 Å². The van der Waals surface area contributed by atoms with Crippen LogP contribution < -0.4 is 4.72 Å². The summed E-state index contributed by atoms with van der Waals surface area (Å²) in [5, 5.41) is 1.13. The molecule has 0 atom stereocenters. The number of rotatable bonds is 10. The molecule has 1 heterocycles. The molecule has 0 aliphatic heterocycles. The summed E-state index contributed by atoms with van der Waals surface area (Å²) in [7, 11) is -3.55. The number of nitrogens with one attached hydrogen (secondary N) is 2. The number of hydrogen-bond donors (Lipinski definition) is 2. The normalized spacial score (nSPS) is 11.8. The average molecular weight is 447 g/mol. The van der Waals surface area contributed by atoms with E-state index in [1.54, 1.807) is 12.1 Å². The first-order valence-electron chi connectivity index (χ1n) is 11.3. The zero-order valence-corrected chi connectivity index (χ0v) is 19.3. The average Bonchev–Trinajstić information content (AvgIpc) is 3.19. The molecule has 0 saturated heterocycles. The van der Waals surface area contributed by atoms with Gasteiger partial charge in [0.2, 0.25) is 10.0 Å². The van der Waals surface area contributed by atoms with E-state index in [1.807, 2.05) is 42.5 Å². The Kier molecular flexibility index (Phi) is 7.08. The summed E-state index contributed by atoms with van der Waals surface area (Å²) in [6, 6.07) is 25.6. The van der Waals surface area contributed by atoms with Gasteiger partial charge in [-0.05, 0) is 54.2 Å². The second kappa shape index (κ2) is 10.2. The molecule has 4 rings (SSSR count). The third-order valence-electron chi connectivity index (χ3n) is 5.85. The Bertz CT molecular complexity index is 1260. The van der Waals surface area contributed by atoms with Crippen LogP contribution >= 0.6 is 0 Å². The van der Waals surface area contributed by atoms with Crippen LogP contribution in [0.25, 0.3) is 22.2 Å². The zero-order valence-electron chi connectivity index (χ0n) is 18.5. The monoisotopic (exact) mass is 446 g/mol. The summed E-state index contributed by atoms with van der Waals surface area (Å²) in [6.07, 6.45) is 5.10. The molecule has 0 fully saturated rings. The molecule has 3 aromatic carbocycles. The molecule has 0 saturated carbocycles. The smallest absolute Gasteiger partial charge is 0.240 e. The maximum Gasteiger partial charge on any atom is 0.240 e. The van der Waals surface area contributed by atoms with Crippen LogP contribution in [0.4, 0.5) is 0 Å². The molecule has 0 aliphatic carbocycles. The molecule has 4 aromatic rings. The van der Waals surface area contributed by atoms with Gasteiger partial charge in [0.25, 0.3) is 0 Å². The molecular formula is C27H30N2O2S. The number of hydrogen-bond acceptors (Lipinski definition) is 2. The van der Waals surface area contributed by atoms with Crippen molar-refractivity contribution in [2.24, 2.45) is 0 Å². The summed E-state index contributed by atoms with van der Waals surface area (Å²) < 4.78 is 28.5. The Balaban J connectivity index is 1.48. The van der Waals surface area contributed by atoms with Crippen molar-refractivity contribution in [2.75, 3.05) is 6.54 Å². The van der Waals surface area contributed by atoms with E-state index in [4.69, 9.17) is 0 Å². The number of fused-ring (bicyclic) bond motifs is 1. The van der Waals surface area contributed by atoms with Crippen molar-refractivity contribution in [3.05, 3.63) is 90.0 Å². The second-order valence-corrected chi connectivity index (χ2v) is 9.91. The number of aromatic amines is 1. The molecule has 0 spiro atoms. The van der Waals surface area contributed by atoms with Crippen LogP contribution in [-0.4, -0.2) is 19.9 Å². The molecule has 0 amide bonds. The number of sulfonamides is 1. The Hall–Kier alpha value is -2.89. The Morgan fingerprint density at radius 1 is 0.812 bits per heavy atom. The minimum atomic E-state index is -3.55. The third-order valence-corrected chi connectivity index (χ3v) is 7.32. The van der Waals surface area contributed by atoms with Gasteiger partial charge in [-0.15, -0.1) is 0 Å². The second-order valence-electron chi connectivity index (χ2n) is 8.14. The lowest BCUT2D eigenvalue weighted by molar-refractivity contribution is 0.581. The van der Waals surface area contributed by atoms with Gasteiger partial charge < -0.3 is 4.98 Å². The fraction of sp³-hybridized carbons (Fsp3) is 0.259. The van der Waals surface area contributed by atoms with Gasteiger partial charge in [0, 0.05) is 23.1 Å². The van der Waals surface area contributed by atoms with Crippen LogP contribution in [-0.2, 0) is 22.9 Å². The van der Waals surface area contributed by atoms with Crippen molar-refractivity contribution in [1.82, 2.24) is 9.71 Å². The van der Waals surface area contributed by atoms with Gasteiger partial charge >= 0.3 is 0 Å². The fourth-order valence-electron chi connectivity index (χ4n) is 4.12. The predicted octanol–water partition coefficient (Wildman–Crippen LogP) is 6.09. The van der Waals surface area contributed by atoms with Gasteiger partial charge in [0.15, 0.2) is 0 Å². The van der Waals surface area contributed by atoms with E-state index in [2.05, 4.69) is 40.9 Å². The first-order valence-corrected chi connectivity index (χ1v) is 12.8. The lowest BCUT2D eigenvalue weighted by atomic mass is 10.0. The summed E-state index contributed by atoms with van der Waals surface area (Å²) in [4.78, 5) is 3.83. The van der Waals surface area contributed by atoms with Crippen LogP contribution in [0.15, 0.2) is 83.8 Å². The highest BCUT2D eigenvalue weighted by molar-refractivity contribution is 7.89. The SMILES string of the molecule is CCCCCc1ccc(S(=O)(=O)NCCc2c(-c3ccccc3)[nH]c3ccccc23)cc1. The molecule has 0 aliphatic rings. The zero-order chi connectivity index (χ0) is 22.4. The van der Waals surface area contributed by atoms with Crippen molar-refractivity contribution in [3.8, 4) is 11.3 Å². The molecule has 5 heteroatoms. The number of para-hydroxylation sites is 1. The molecule has 0 bridgehead atoms.